The number of ether oxygens (including phenoxy) is 1. The molecule has 0 aliphatic carbocycles. The maximum absolute atomic E-state index is 13.4. The maximum Gasteiger partial charge on any atom is 0.343 e. The van der Waals surface area contributed by atoms with Crippen LogP contribution in [0.3, 0.4) is 0 Å². The second kappa shape index (κ2) is 11.8. The highest BCUT2D eigenvalue weighted by molar-refractivity contribution is 14.1. The van der Waals surface area contributed by atoms with Crippen LogP contribution in [0.4, 0.5) is 0 Å². The number of esters is 1. The zero-order valence-corrected chi connectivity index (χ0v) is 25.8. The molecule has 1 aromatic heterocycles. The normalized spacial score (nSPS) is 11.2. The van der Waals surface area contributed by atoms with Crippen molar-refractivity contribution in [1.29, 1.82) is 0 Å². The summed E-state index contributed by atoms with van der Waals surface area (Å²) in [5.41, 5.74) is 7.50. The smallest absolute Gasteiger partial charge is 0.343 e. The van der Waals surface area contributed by atoms with Gasteiger partial charge in [0.25, 0.3) is 5.91 Å². The Balaban J connectivity index is 1.45. The largest absolute Gasteiger partial charge is 0.421 e. The summed E-state index contributed by atoms with van der Waals surface area (Å²) < 4.78 is 8.03. The molecule has 0 saturated carbocycles. The molecule has 0 saturated heterocycles. The molecule has 4 aromatic carbocycles. The average molecular weight is 757 g/mol. The Morgan fingerprint density at radius 3 is 2.51 bits per heavy atom. The number of benzene rings is 4. The topological polar surface area (TPSA) is 83.5 Å². The van der Waals surface area contributed by atoms with Crippen LogP contribution in [0.1, 0.15) is 32.0 Å². The van der Waals surface area contributed by atoms with Crippen molar-refractivity contribution in [2.45, 2.75) is 6.92 Å². The summed E-state index contributed by atoms with van der Waals surface area (Å²) in [5, 5.41) is 5.15. The van der Waals surface area contributed by atoms with Gasteiger partial charge in [0.05, 0.1) is 21.8 Å². The molecule has 0 aliphatic rings. The molecule has 0 unspecified atom stereocenters. The van der Waals surface area contributed by atoms with Gasteiger partial charge in [-0.15, -0.1) is 0 Å². The number of para-hydroxylation sites is 1. The molecule has 0 bridgehead atoms. The van der Waals surface area contributed by atoms with Gasteiger partial charge in [-0.2, -0.15) is 5.10 Å². The lowest BCUT2D eigenvalue weighted by atomic mass is 10.0. The Morgan fingerprint density at radius 1 is 0.974 bits per heavy atom. The number of halogens is 3. The van der Waals surface area contributed by atoms with E-state index in [-0.39, 0.29) is 5.75 Å². The van der Waals surface area contributed by atoms with Gasteiger partial charge >= 0.3 is 5.97 Å². The van der Waals surface area contributed by atoms with E-state index in [0.717, 1.165) is 35.6 Å². The fraction of sp³-hybridized carbons (Fsp3) is 0.0333. The average Bonchev–Trinajstić information content (AvgIpc) is 3.32. The van der Waals surface area contributed by atoms with Crippen LogP contribution in [0.5, 0.6) is 5.75 Å². The maximum atomic E-state index is 13.4. The molecule has 9 heteroatoms. The Morgan fingerprint density at radius 2 is 1.74 bits per heavy atom. The number of carbonyl (C=O) groups is 2. The minimum atomic E-state index is -0.499. The Kier molecular flexibility index (Phi) is 8.29. The van der Waals surface area contributed by atoms with Gasteiger partial charge in [0.15, 0.2) is 5.75 Å². The molecule has 5 rings (SSSR count). The summed E-state index contributed by atoms with van der Waals surface area (Å²) in [5.74, 6) is -0.613. The van der Waals surface area contributed by atoms with E-state index in [9.17, 15) is 9.59 Å². The molecule has 0 aliphatic heterocycles. The number of hydrazone groups is 1. The Bertz CT molecular complexity index is 1750. The number of carbonyl (C=O) groups excluding carboxylic acids is 2. The van der Waals surface area contributed by atoms with Crippen molar-refractivity contribution in [1.82, 2.24) is 10.4 Å². The highest BCUT2D eigenvalue weighted by Crippen LogP contribution is 2.35. The van der Waals surface area contributed by atoms with E-state index in [1.807, 2.05) is 61.5 Å². The van der Waals surface area contributed by atoms with Gasteiger partial charge in [0, 0.05) is 24.6 Å². The van der Waals surface area contributed by atoms with Crippen LogP contribution < -0.4 is 10.2 Å². The van der Waals surface area contributed by atoms with Gasteiger partial charge in [-0.1, -0.05) is 76.1 Å². The summed E-state index contributed by atoms with van der Waals surface area (Å²) >= 11 is 9.18. The number of hydrogen-bond acceptors (Lipinski definition) is 4. The molecule has 5 aromatic rings. The molecular formula is C30H20Br2IN3O3. The van der Waals surface area contributed by atoms with E-state index in [0.29, 0.717) is 21.3 Å². The predicted molar refractivity (Wildman–Crippen MR) is 169 cm³/mol. The molecule has 1 heterocycles. The number of aromatic nitrogens is 1. The van der Waals surface area contributed by atoms with Crippen molar-refractivity contribution < 1.29 is 14.3 Å². The number of rotatable bonds is 6. The van der Waals surface area contributed by atoms with E-state index in [1.165, 1.54) is 6.21 Å². The lowest BCUT2D eigenvalue weighted by Gasteiger charge is -2.11. The van der Waals surface area contributed by atoms with Crippen LogP contribution in [0.2, 0.25) is 0 Å². The van der Waals surface area contributed by atoms with Crippen molar-refractivity contribution >= 4 is 83.4 Å². The third kappa shape index (κ3) is 6.00. The van der Waals surface area contributed by atoms with Crippen LogP contribution in [0.15, 0.2) is 99.0 Å². The molecular weight excluding hydrogens is 737 g/mol. The molecule has 2 N–H and O–H groups in total. The molecule has 0 spiro atoms. The third-order valence-electron chi connectivity index (χ3n) is 5.93. The van der Waals surface area contributed by atoms with E-state index < -0.39 is 11.9 Å². The van der Waals surface area contributed by atoms with Crippen molar-refractivity contribution in [3.8, 4) is 16.9 Å². The van der Waals surface area contributed by atoms with Crippen LogP contribution in [-0.4, -0.2) is 23.1 Å². The number of nitrogens with one attached hydrogen (secondary N) is 2. The second-order valence-corrected chi connectivity index (χ2v) is 11.6. The second-order valence-electron chi connectivity index (χ2n) is 8.67. The summed E-state index contributed by atoms with van der Waals surface area (Å²) in [6, 6.07) is 26.4. The standard InChI is InChI=1S/C30H20Br2IN3O3/c1-17-7-5-10-19(13-17)30(38)39-28-20(14-21(31)15-23(28)32)16-34-36-29(37)27-25(18-8-3-2-4-9-18)22-11-6-12-24(33)26(22)35-27/h2-16,35H,1H3,(H,36,37). The van der Waals surface area contributed by atoms with Crippen molar-refractivity contribution in [3.05, 3.63) is 120 Å². The lowest BCUT2D eigenvalue weighted by molar-refractivity contribution is 0.0732. The summed E-state index contributed by atoms with van der Waals surface area (Å²) in [4.78, 5) is 29.5. The first-order chi connectivity index (χ1) is 18.8. The van der Waals surface area contributed by atoms with Crippen molar-refractivity contribution in [2.24, 2.45) is 5.10 Å². The van der Waals surface area contributed by atoms with E-state index >= 15 is 0 Å². The zero-order valence-electron chi connectivity index (χ0n) is 20.5. The van der Waals surface area contributed by atoms with Crippen LogP contribution >= 0.6 is 54.5 Å². The number of H-pyrrole nitrogens is 1. The number of nitrogens with zero attached hydrogens (tertiary/aromatic N) is 1. The van der Waals surface area contributed by atoms with Crippen LogP contribution in [0, 0.1) is 10.5 Å². The first-order valence-electron chi connectivity index (χ1n) is 11.8. The van der Waals surface area contributed by atoms with Gasteiger partial charge in [-0.05, 0) is 81.3 Å². The van der Waals surface area contributed by atoms with Crippen molar-refractivity contribution in [3.63, 3.8) is 0 Å². The molecule has 194 valence electrons. The van der Waals surface area contributed by atoms with Crippen molar-refractivity contribution in [2.75, 3.05) is 0 Å². The fourth-order valence-electron chi connectivity index (χ4n) is 4.18. The summed E-state index contributed by atoms with van der Waals surface area (Å²) in [6.45, 7) is 1.91. The molecule has 0 radical (unpaired) electrons. The van der Waals surface area contributed by atoms with Crippen LogP contribution in [-0.2, 0) is 0 Å². The SMILES string of the molecule is Cc1cccc(C(=O)Oc2c(Br)cc(Br)cc2C=NNC(=O)c2[nH]c3c(I)cccc3c2-c2ccccc2)c1. The van der Waals surface area contributed by atoms with E-state index in [2.05, 4.69) is 70.0 Å². The van der Waals surface area contributed by atoms with Crippen LogP contribution in [0.25, 0.3) is 22.0 Å². The summed E-state index contributed by atoms with van der Waals surface area (Å²) in [6.07, 6.45) is 1.45. The quantitative estimate of drug-likeness (QED) is 0.0602. The molecule has 0 atom stereocenters. The zero-order chi connectivity index (χ0) is 27.5. The van der Waals surface area contributed by atoms with Gasteiger partial charge in [0.1, 0.15) is 5.69 Å². The molecule has 0 fully saturated rings. The van der Waals surface area contributed by atoms with Gasteiger partial charge in [-0.3, -0.25) is 4.79 Å². The minimum Gasteiger partial charge on any atom is -0.421 e. The number of hydrogen-bond donors (Lipinski definition) is 2. The minimum absolute atomic E-state index is 0.285. The van der Waals surface area contributed by atoms with Gasteiger partial charge in [0.2, 0.25) is 0 Å². The summed E-state index contributed by atoms with van der Waals surface area (Å²) in [7, 11) is 0. The number of aryl methyl sites for hydroxylation is 1. The number of aromatic amines is 1. The molecule has 1 amide bonds. The first-order valence-corrected chi connectivity index (χ1v) is 14.4. The van der Waals surface area contributed by atoms with E-state index in [4.69, 9.17) is 4.74 Å². The number of fused-ring (bicyclic) bond motifs is 1. The van der Waals surface area contributed by atoms with Gasteiger partial charge < -0.3 is 9.72 Å². The number of amides is 1. The predicted octanol–water partition coefficient (Wildman–Crippen LogP) is 8.26. The highest BCUT2D eigenvalue weighted by atomic mass is 127. The lowest BCUT2D eigenvalue weighted by Crippen LogP contribution is -2.19. The highest BCUT2D eigenvalue weighted by Gasteiger charge is 2.20. The van der Waals surface area contributed by atoms with Gasteiger partial charge in [-0.25, -0.2) is 10.2 Å². The third-order valence-corrected chi connectivity index (χ3v) is 7.87. The monoisotopic (exact) mass is 755 g/mol. The molecule has 6 nitrogen and oxygen atoms in total. The first kappa shape index (κ1) is 27.3. The Hall–Kier alpha value is -3.28. The van der Waals surface area contributed by atoms with E-state index in [1.54, 1.807) is 30.3 Å². The molecule has 39 heavy (non-hydrogen) atoms. The fourth-order valence-corrected chi connectivity index (χ4v) is 6.15. The Labute approximate surface area is 255 Å².